The molecule has 0 saturated carbocycles. The number of phenols is 2. The number of benzene rings is 3. The molecular weight excluding hydrogens is 492 g/mol. The van der Waals surface area contributed by atoms with Gasteiger partial charge in [-0.3, -0.25) is 0 Å². The summed E-state index contributed by atoms with van der Waals surface area (Å²) in [6.07, 6.45) is 0. The standard InChI is InChI=1S/C20H10Br2N2O4/c21-9-1-3-17-13(5-9)23-19(27-17)11-7-16(26)12(8-15(11)25)20-24-14-6-10(22)2-4-18(14)28-20/h1-8,25-26H. The smallest absolute Gasteiger partial charge is 0.231 e. The van der Waals surface area contributed by atoms with Crippen LogP contribution in [-0.4, -0.2) is 20.2 Å². The highest BCUT2D eigenvalue weighted by molar-refractivity contribution is 9.10. The Morgan fingerprint density at radius 2 is 1.07 bits per heavy atom. The van der Waals surface area contributed by atoms with E-state index in [0.717, 1.165) is 8.95 Å². The van der Waals surface area contributed by atoms with Crippen molar-refractivity contribution in [1.82, 2.24) is 9.97 Å². The molecule has 0 unspecified atom stereocenters. The van der Waals surface area contributed by atoms with Crippen LogP contribution >= 0.6 is 31.9 Å². The summed E-state index contributed by atoms with van der Waals surface area (Å²) in [5.41, 5.74) is 2.96. The van der Waals surface area contributed by atoms with Crippen molar-refractivity contribution in [2.45, 2.75) is 0 Å². The Morgan fingerprint density at radius 1 is 0.643 bits per heavy atom. The average molecular weight is 502 g/mol. The van der Waals surface area contributed by atoms with Gasteiger partial charge in [-0.15, -0.1) is 0 Å². The number of oxazole rings is 2. The molecule has 2 heterocycles. The quantitative estimate of drug-likeness (QED) is 0.278. The van der Waals surface area contributed by atoms with Gasteiger partial charge >= 0.3 is 0 Å². The van der Waals surface area contributed by atoms with Crippen LogP contribution in [0, 0.1) is 0 Å². The Balaban J connectivity index is 1.62. The second kappa shape index (κ2) is 6.35. The maximum atomic E-state index is 10.5. The summed E-state index contributed by atoms with van der Waals surface area (Å²) < 4.78 is 13.1. The van der Waals surface area contributed by atoms with Crippen LogP contribution in [0.5, 0.6) is 11.5 Å². The summed E-state index contributed by atoms with van der Waals surface area (Å²) in [7, 11) is 0. The van der Waals surface area contributed by atoms with E-state index in [1.54, 1.807) is 12.1 Å². The summed E-state index contributed by atoms with van der Waals surface area (Å²) in [6, 6.07) is 13.6. The highest BCUT2D eigenvalue weighted by atomic mass is 79.9. The second-order valence-corrected chi connectivity index (χ2v) is 7.98. The predicted molar refractivity (Wildman–Crippen MR) is 111 cm³/mol. The van der Waals surface area contributed by atoms with E-state index in [1.807, 2.05) is 24.3 Å². The van der Waals surface area contributed by atoms with Gasteiger partial charge in [-0.25, -0.2) is 9.97 Å². The van der Waals surface area contributed by atoms with Crippen molar-refractivity contribution in [1.29, 1.82) is 0 Å². The molecule has 2 N–H and O–H groups in total. The molecule has 0 spiro atoms. The molecule has 0 aliphatic rings. The van der Waals surface area contributed by atoms with Crippen LogP contribution in [0.25, 0.3) is 45.1 Å². The Labute approximate surface area is 174 Å². The number of nitrogens with zero attached hydrogens (tertiary/aromatic N) is 2. The van der Waals surface area contributed by atoms with E-state index in [0.29, 0.717) is 22.2 Å². The molecule has 0 atom stereocenters. The molecule has 0 bridgehead atoms. The fourth-order valence-electron chi connectivity index (χ4n) is 2.95. The lowest BCUT2D eigenvalue weighted by Gasteiger charge is -2.05. The van der Waals surface area contributed by atoms with Crippen molar-refractivity contribution in [2.75, 3.05) is 0 Å². The predicted octanol–water partition coefficient (Wildman–Crippen LogP) is 6.24. The number of aromatic hydroxyl groups is 2. The molecule has 3 aromatic carbocycles. The Morgan fingerprint density at radius 3 is 1.50 bits per heavy atom. The number of phenolic OH excluding ortho intramolecular Hbond substituents is 2. The maximum Gasteiger partial charge on any atom is 0.231 e. The molecule has 8 heteroatoms. The fraction of sp³-hybridized carbons (Fsp3) is 0. The third-order valence-corrected chi connectivity index (χ3v) is 5.26. The number of rotatable bonds is 2. The normalized spacial score (nSPS) is 11.5. The van der Waals surface area contributed by atoms with Gasteiger partial charge in [-0.1, -0.05) is 31.9 Å². The minimum Gasteiger partial charge on any atom is -0.507 e. The van der Waals surface area contributed by atoms with Crippen molar-refractivity contribution in [3.63, 3.8) is 0 Å². The third-order valence-electron chi connectivity index (χ3n) is 4.27. The van der Waals surface area contributed by atoms with Crippen molar-refractivity contribution < 1.29 is 19.0 Å². The summed E-state index contributed by atoms with van der Waals surface area (Å²) in [4.78, 5) is 8.76. The third kappa shape index (κ3) is 2.85. The lowest BCUT2D eigenvalue weighted by atomic mass is 10.1. The second-order valence-electron chi connectivity index (χ2n) is 6.15. The van der Waals surface area contributed by atoms with E-state index < -0.39 is 0 Å². The number of hydrogen-bond acceptors (Lipinski definition) is 6. The zero-order valence-corrected chi connectivity index (χ0v) is 17.2. The Kier molecular flexibility index (Phi) is 3.92. The van der Waals surface area contributed by atoms with E-state index in [1.165, 1.54) is 12.1 Å². The topological polar surface area (TPSA) is 92.5 Å². The molecule has 138 valence electrons. The molecular formula is C20H10Br2N2O4. The lowest BCUT2D eigenvalue weighted by molar-refractivity contribution is 0.458. The van der Waals surface area contributed by atoms with Crippen LogP contribution in [0.2, 0.25) is 0 Å². The van der Waals surface area contributed by atoms with Gasteiger partial charge in [0.15, 0.2) is 11.2 Å². The molecule has 5 aromatic rings. The van der Waals surface area contributed by atoms with E-state index in [4.69, 9.17) is 8.83 Å². The van der Waals surface area contributed by atoms with E-state index in [9.17, 15) is 10.2 Å². The van der Waals surface area contributed by atoms with Crippen LogP contribution in [0.1, 0.15) is 0 Å². The van der Waals surface area contributed by atoms with Gasteiger partial charge in [-0.2, -0.15) is 0 Å². The molecule has 0 saturated heterocycles. The van der Waals surface area contributed by atoms with Gasteiger partial charge in [0.2, 0.25) is 11.8 Å². The molecule has 6 nitrogen and oxygen atoms in total. The maximum absolute atomic E-state index is 10.5. The van der Waals surface area contributed by atoms with Gasteiger partial charge in [0.05, 0.1) is 11.1 Å². The summed E-state index contributed by atoms with van der Waals surface area (Å²) in [6.45, 7) is 0. The first-order valence-corrected chi connectivity index (χ1v) is 9.75. The number of aromatic nitrogens is 2. The minimum atomic E-state index is -0.109. The highest BCUT2D eigenvalue weighted by Gasteiger charge is 2.19. The van der Waals surface area contributed by atoms with Crippen molar-refractivity contribution in [2.24, 2.45) is 0 Å². The van der Waals surface area contributed by atoms with Crippen molar-refractivity contribution in [3.05, 3.63) is 57.5 Å². The molecule has 5 rings (SSSR count). The van der Waals surface area contributed by atoms with Crippen molar-refractivity contribution >= 4 is 54.1 Å². The van der Waals surface area contributed by atoms with Gasteiger partial charge in [0.25, 0.3) is 0 Å². The monoisotopic (exact) mass is 500 g/mol. The van der Waals surface area contributed by atoms with E-state index >= 15 is 0 Å². The molecule has 0 aliphatic carbocycles. The zero-order chi connectivity index (χ0) is 19.4. The molecule has 0 radical (unpaired) electrons. The first kappa shape index (κ1) is 17.3. The van der Waals surface area contributed by atoms with E-state index in [-0.39, 0.29) is 34.4 Å². The number of halogens is 2. The van der Waals surface area contributed by atoms with Gasteiger partial charge in [-0.05, 0) is 48.5 Å². The SMILES string of the molecule is Oc1cc(-c2nc3cc(Br)ccc3o2)c(O)cc1-c1nc2cc(Br)ccc2o1. The highest BCUT2D eigenvalue weighted by Crippen LogP contribution is 2.41. The molecule has 0 amide bonds. The largest absolute Gasteiger partial charge is 0.507 e. The van der Waals surface area contributed by atoms with Crippen molar-refractivity contribution in [3.8, 4) is 34.4 Å². The average Bonchev–Trinajstić information content (AvgIpc) is 3.26. The van der Waals surface area contributed by atoms with E-state index in [2.05, 4.69) is 41.8 Å². The Bertz CT molecular complexity index is 1270. The van der Waals surface area contributed by atoms with Crippen LogP contribution in [0.3, 0.4) is 0 Å². The minimum absolute atomic E-state index is 0.109. The van der Waals surface area contributed by atoms with Gasteiger partial charge in [0.1, 0.15) is 22.5 Å². The number of hydrogen-bond donors (Lipinski definition) is 2. The lowest BCUT2D eigenvalue weighted by Crippen LogP contribution is -1.84. The summed E-state index contributed by atoms with van der Waals surface area (Å²) in [5, 5.41) is 21.1. The first-order chi connectivity index (χ1) is 13.5. The van der Waals surface area contributed by atoms with Crippen LogP contribution in [0.15, 0.2) is 66.3 Å². The Hall–Kier alpha value is -2.84. The summed E-state index contributed by atoms with van der Waals surface area (Å²) in [5.74, 6) is 0.187. The molecule has 0 fully saturated rings. The van der Waals surface area contributed by atoms with Gasteiger partial charge in [0, 0.05) is 8.95 Å². The van der Waals surface area contributed by atoms with Crippen LogP contribution in [0.4, 0.5) is 0 Å². The zero-order valence-electron chi connectivity index (χ0n) is 14.0. The van der Waals surface area contributed by atoms with Crippen LogP contribution in [-0.2, 0) is 0 Å². The fourth-order valence-corrected chi connectivity index (χ4v) is 3.65. The number of fused-ring (bicyclic) bond motifs is 2. The first-order valence-electron chi connectivity index (χ1n) is 8.17. The molecule has 2 aromatic heterocycles. The van der Waals surface area contributed by atoms with Gasteiger partial charge < -0.3 is 19.0 Å². The molecule has 0 aliphatic heterocycles. The summed E-state index contributed by atoms with van der Waals surface area (Å²) >= 11 is 6.77. The van der Waals surface area contributed by atoms with Crippen LogP contribution < -0.4 is 0 Å². The molecule has 28 heavy (non-hydrogen) atoms.